The van der Waals surface area contributed by atoms with Crippen molar-refractivity contribution in [2.45, 2.75) is 52.2 Å². The summed E-state index contributed by atoms with van der Waals surface area (Å²) in [6, 6.07) is 10.4. The Morgan fingerprint density at radius 1 is 1.10 bits per heavy atom. The first-order valence-electron chi connectivity index (χ1n) is 12.8. The Labute approximate surface area is 237 Å². The van der Waals surface area contributed by atoms with Crippen LogP contribution in [-0.4, -0.2) is 41.5 Å². The highest BCUT2D eigenvalue weighted by Gasteiger charge is 2.26. The van der Waals surface area contributed by atoms with Crippen molar-refractivity contribution in [3.63, 3.8) is 0 Å². The van der Waals surface area contributed by atoms with E-state index >= 15 is 0 Å². The molecule has 9 nitrogen and oxygen atoms in total. The minimum Gasteiger partial charge on any atom is -0.495 e. The number of nitrogens with one attached hydrogen (secondary N) is 2. The van der Waals surface area contributed by atoms with Crippen molar-refractivity contribution in [2.75, 3.05) is 24.4 Å². The fourth-order valence-electron chi connectivity index (χ4n) is 4.58. The van der Waals surface area contributed by atoms with Gasteiger partial charge in [0.05, 0.1) is 25.3 Å². The Bertz CT molecular complexity index is 1540. The van der Waals surface area contributed by atoms with E-state index in [-0.39, 0.29) is 31.1 Å². The standard InChI is InChI=1S/C30H32ClN3O6/c1-17(35)21-9-7-19(31)13-22(21)23-15-28(37)34(16-26(23)39-5)25(10-11-40-30(2,3)4)29(38)32-20-8-6-18-12-27(36)33-24(18)14-20/h6-9,13-16,25H,10-12H2,1-5H3,(H,32,38)(H,33,36). The molecule has 0 spiro atoms. The van der Waals surface area contributed by atoms with Crippen LogP contribution in [0.4, 0.5) is 11.4 Å². The Kier molecular flexibility index (Phi) is 8.46. The molecule has 0 bridgehead atoms. The Morgan fingerprint density at radius 2 is 1.85 bits per heavy atom. The highest BCUT2D eigenvalue weighted by molar-refractivity contribution is 6.31. The zero-order chi connectivity index (χ0) is 29.2. The maximum Gasteiger partial charge on any atom is 0.252 e. The van der Waals surface area contributed by atoms with Crippen molar-refractivity contribution in [1.29, 1.82) is 0 Å². The van der Waals surface area contributed by atoms with E-state index in [2.05, 4.69) is 10.6 Å². The first-order chi connectivity index (χ1) is 18.9. The molecule has 3 aromatic rings. The van der Waals surface area contributed by atoms with Crippen molar-refractivity contribution >= 4 is 40.6 Å². The lowest BCUT2D eigenvalue weighted by molar-refractivity contribution is -0.120. The zero-order valence-corrected chi connectivity index (χ0v) is 23.8. The van der Waals surface area contributed by atoms with Gasteiger partial charge in [-0.15, -0.1) is 0 Å². The van der Waals surface area contributed by atoms with Gasteiger partial charge < -0.3 is 20.1 Å². The van der Waals surface area contributed by atoms with Gasteiger partial charge in [-0.2, -0.15) is 0 Å². The van der Waals surface area contributed by atoms with Crippen LogP contribution >= 0.6 is 11.6 Å². The molecule has 2 amide bonds. The van der Waals surface area contributed by atoms with E-state index < -0.39 is 23.1 Å². The summed E-state index contributed by atoms with van der Waals surface area (Å²) in [4.78, 5) is 51.2. The van der Waals surface area contributed by atoms with Crippen LogP contribution in [0.15, 0.2) is 53.5 Å². The molecule has 0 saturated carbocycles. The maximum atomic E-state index is 13.6. The third-order valence-corrected chi connectivity index (χ3v) is 6.72. The summed E-state index contributed by atoms with van der Waals surface area (Å²) in [5.41, 5.74) is 2.28. The van der Waals surface area contributed by atoms with Crippen molar-refractivity contribution in [3.8, 4) is 16.9 Å². The van der Waals surface area contributed by atoms with Gasteiger partial charge in [-0.3, -0.25) is 23.7 Å². The van der Waals surface area contributed by atoms with Gasteiger partial charge >= 0.3 is 0 Å². The number of pyridine rings is 1. The molecule has 2 N–H and O–H groups in total. The number of benzene rings is 2. The first-order valence-corrected chi connectivity index (χ1v) is 13.2. The van der Waals surface area contributed by atoms with Crippen LogP contribution in [0.3, 0.4) is 0 Å². The largest absolute Gasteiger partial charge is 0.495 e. The average Bonchev–Trinajstić information content (AvgIpc) is 3.25. The van der Waals surface area contributed by atoms with Gasteiger partial charge in [0.25, 0.3) is 5.56 Å². The maximum absolute atomic E-state index is 13.6. The lowest BCUT2D eigenvalue weighted by Gasteiger charge is -2.24. The number of halogens is 1. The van der Waals surface area contributed by atoms with Crippen LogP contribution in [0.1, 0.15) is 56.1 Å². The molecule has 2 aromatic carbocycles. The molecule has 2 heterocycles. The van der Waals surface area contributed by atoms with Crippen molar-refractivity contribution in [3.05, 3.63) is 75.2 Å². The summed E-state index contributed by atoms with van der Waals surface area (Å²) in [5, 5.41) is 6.03. The van der Waals surface area contributed by atoms with E-state index in [0.29, 0.717) is 38.8 Å². The number of rotatable bonds is 9. The van der Waals surface area contributed by atoms with Crippen LogP contribution in [0.5, 0.6) is 5.75 Å². The molecule has 1 unspecified atom stereocenters. The van der Waals surface area contributed by atoms with Gasteiger partial charge in [0.2, 0.25) is 11.8 Å². The third kappa shape index (κ3) is 6.60. The number of carbonyl (C=O) groups is 3. The molecule has 40 heavy (non-hydrogen) atoms. The third-order valence-electron chi connectivity index (χ3n) is 6.48. The number of Topliss-reactive ketones (excluding diaryl/α,β-unsaturated/α-hetero) is 1. The summed E-state index contributed by atoms with van der Waals surface area (Å²) < 4.78 is 12.8. The first kappa shape index (κ1) is 29.0. The van der Waals surface area contributed by atoms with Gasteiger partial charge in [0, 0.05) is 46.6 Å². The van der Waals surface area contributed by atoms with Crippen LogP contribution in [-0.2, 0) is 20.7 Å². The van der Waals surface area contributed by atoms with Gasteiger partial charge in [-0.1, -0.05) is 17.7 Å². The summed E-state index contributed by atoms with van der Waals surface area (Å²) in [5.74, 6) is -0.452. The van der Waals surface area contributed by atoms with E-state index in [4.69, 9.17) is 21.1 Å². The lowest BCUT2D eigenvalue weighted by Crippen LogP contribution is -2.34. The number of amides is 2. The second-order valence-electron chi connectivity index (χ2n) is 10.6. The molecule has 0 fully saturated rings. The fourth-order valence-corrected chi connectivity index (χ4v) is 4.75. The van der Waals surface area contributed by atoms with Crippen LogP contribution in [0.2, 0.25) is 5.02 Å². The van der Waals surface area contributed by atoms with E-state index in [1.165, 1.54) is 30.9 Å². The SMILES string of the molecule is COc1cn(C(CCOC(C)(C)C)C(=O)Nc2ccc3c(c2)NC(=O)C3)c(=O)cc1-c1cc(Cl)ccc1C(C)=O. The van der Waals surface area contributed by atoms with Crippen molar-refractivity contribution < 1.29 is 23.9 Å². The topological polar surface area (TPSA) is 116 Å². The Hall–Kier alpha value is -3.95. The van der Waals surface area contributed by atoms with Crippen molar-refractivity contribution in [1.82, 2.24) is 4.57 Å². The fraction of sp³-hybridized carbons (Fsp3) is 0.333. The molecule has 1 aromatic heterocycles. The summed E-state index contributed by atoms with van der Waals surface area (Å²) >= 11 is 6.22. The van der Waals surface area contributed by atoms with Crippen LogP contribution in [0, 0.1) is 0 Å². The smallest absolute Gasteiger partial charge is 0.252 e. The molecule has 1 aliphatic heterocycles. The summed E-state index contributed by atoms with van der Waals surface area (Å²) in [6.07, 6.45) is 1.95. The number of aromatic nitrogens is 1. The minimum atomic E-state index is -0.952. The predicted molar refractivity (Wildman–Crippen MR) is 154 cm³/mol. The van der Waals surface area contributed by atoms with Gasteiger partial charge in [0.1, 0.15) is 11.8 Å². The van der Waals surface area contributed by atoms with E-state index in [0.717, 1.165) is 5.56 Å². The zero-order valence-electron chi connectivity index (χ0n) is 23.1. The summed E-state index contributed by atoms with van der Waals surface area (Å²) in [7, 11) is 1.45. The van der Waals surface area contributed by atoms with E-state index in [1.54, 1.807) is 36.4 Å². The van der Waals surface area contributed by atoms with Gasteiger partial charge in [-0.25, -0.2) is 0 Å². The van der Waals surface area contributed by atoms with Gasteiger partial charge in [-0.05, 0) is 69.2 Å². The Morgan fingerprint density at radius 3 is 2.52 bits per heavy atom. The second-order valence-corrected chi connectivity index (χ2v) is 11.0. The summed E-state index contributed by atoms with van der Waals surface area (Å²) in [6.45, 7) is 7.36. The molecule has 0 radical (unpaired) electrons. The monoisotopic (exact) mass is 565 g/mol. The molecular weight excluding hydrogens is 534 g/mol. The van der Waals surface area contributed by atoms with E-state index in [9.17, 15) is 19.2 Å². The molecule has 210 valence electrons. The number of hydrogen-bond donors (Lipinski definition) is 2. The number of nitrogens with zero attached hydrogens (tertiary/aromatic N) is 1. The quantitative estimate of drug-likeness (QED) is 0.342. The number of methoxy groups -OCH3 is 1. The average molecular weight is 566 g/mol. The van der Waals surface area contributed by atoms with Crippen LogP contribution in [0.25, 0.3) is 11.1 Å². The number of fused-ring (bicyclic) bond motifs is 1. The molecule has 10 heteroatoms. The molecule has 1 aliphatic rings. The second kappa shape index (κ2) is 11.7. The number of anilines is 2. The number of ketones is 1. The highest BCUT2D eigenvalue weighted by atomic mass is 35.5. The number of carbonyl (C=O) groups excluding carboxylic acids is 3. The lowest BCUT2D eigenvalue weighted by atomic mass is 9.97. The molecule has 4 rings (SSSR count). The molecule has 0 saturated heterocycles. The number of hydrogen-bond acceptors (Lipinski definition) is 6. The van der Waals surface area contributed by atoms with Gasteiger partial charge in [0.15, 0.2) is 5.78 Å². The minimum absolute atomic E-state index is 0.109. The van der Waals surface area contributed by atoms with Crippen molar-refractivity contribution in [2.24, 2.45) is 0 Å². The molecule has 0 aliphatic carbocycles. The predicted octanol–water partition coefficient (Wildman–Crippen LogP) is 5.26. The highest BCUT2D eigenvalue weighted by Crippen LogP contribution is 2.34. The van der Waals surface area contributed by atoms with E-state index in [1.807, 2.05) is 20.8 Å². The molecular formula is C30H32ClN3O6. The number of ether oxygens (including phenoxy) is 2. The Balaban J connectivity index is 1.73. The molecule has 1 atom stereocenters. The normalized spacial score (nSPS) is 13.4. The van der Waals surface area contributed by atoms with Crippen LogP contribution < -0.4 is 20.9 Å².